The quantitative estimate of drug-likeness (QED) is 0.908. The molecule has 2 atom stereocenters. The van der Waals surface area contributed by atoms with Gasteiger partial charge in [0.15, 0.2) is 0 Å². The molecule has 3 nitrogen and oxygen atoms in total. The summed E-state index contributed by atoms with van der Waals surface area (Å²) in [7, 11) is 0. The van der Waals surface area contributed by atoms with Crippen molar-refractivity contribution in [1.29, 1.82) is 5.26 Å². The summed E-state index contributed by atoms with van der Waals surface area (Å²) >= 11 is 0. The van der Waals surface area contributed by atoms with Gasteiger partial charge in [0.2, 0.25) is 0 Å². The molecule has 0 aromatic heterocycles. The number of piperidine rings is 1. The van der Waals surface area contributed by atoms with Gasteiger partial charge in [-0.05, 0) is 49.9 Å². The lowest BCUT2D eigenvalue weighted by molar-refractivity contribution is 0.154. The predicted molar refractivity (Wildman–Crippen MR) is 72.8 cm³/mol. The number of nitrogens with zero attached hydrogens (tertiary/aromatic N) is 2. The molecule has 1 aliphatic heterocycles. The van der Waals surface area contributed by atoms with Crippen molar-refractivity contribution in [3.05, 3.63) is 35.1 Å². The van der Waals surface area contributed by atoms with Crippen LogP contribution in [-0.4, -0.2) is 24.0 Å². The first-order valence-electron chi connectivity index (χ1n) is 6.76. The summed E-state index contributed by atoms with van der Waals surface area (Å²) in [5.74, 6) is 0.0861. The molecule has 1 saturated heterocycles. The molecule has 0 saturated carbocycles. The molecule has 19 heavy (non-hydrogen) atoms. The highest BCUT2D eigenvalue weighted by Crippen LogP contribution is 2.21. The number of likely N-dealkylation sites (tertiary alicyclic amines) is 1. The monoisotopic (exact) mass is 261 g/mol. The molecule has 0 radical (unpaired) electrons. The maximum Gasteiger partial charge on any atom is 0.140 e. The molecule has 0 bridgehead atoms. The Morgan fingerprint density at radius 3 is 3.05 bits per heavy atom. The summed E-state index contributed by atoms with van der Waals surface area (Å²) in [6.07, 6.45) is 2.33. The van der Waals surface area contributed by atoms with Gasteiger partial charge in [0, 0.05) is 19.1 Å². The van der Waals surface area contributed by atoms with Gasteiger partial charge in [0.25, 0.3) is 0 Å². The lowest BCUT2D eigenvalue weighted by atomic mass is 9.92. The van der Waals surface area contributed by atoms with Crippen LogP contribution in [0.4, 0.5) is 4.39 Å². The first-order chi connectivity index (χ1) is 9.10. The van der Waals surface area contributed by atoms with Gasteiger partial charge in [-0.3, -0.25) is 4.90 Å². The van der Waals surface area contributed by atoms with Crippen LogP contribution in [0.25, 0.3) is 0 Å². The maximum absolute atomic E-state index is 13.3. The molecule has 1 heterocycles. The minimum Gasteiger partial charge on any atom is -0.328 e. The van der Waals surface area contributed by atoms with Gasteiger partial charge in [0.05, 0.1) is 5.56 Å². The Morgan fingerprint density at radius 1 is 1.58 bits per heavy atom. The molecule has 1 aromatic carbocycles. The largest absolute Gasteiger partial charge is 0.328 e. The molecule has 0 aliphatic carbocycles. The van der Waals surface area contributed by atoms with Crippen LogP contribution in [0.2, 0.25) is 0 Å². The summed E-state index contributed by atoms with van der Waals surface area (Å²) in [5, 5.41) is 8.84. The fourth-order valence-corrected chi connectivity index (χ4v) is 2.68. The molecular formula is C15H20FN3. The van der Waals surface area contributed by atoms with Crippen molar-refractivity contribution in [2.24, 2.45) is 11.7 Å². The average molecular weight is 261 g/mol. The fraction of sp³-hybridized carbons (Fsp3) is 0.533. The van der Waals surface area contributed by atoms with Crippen LogP contribution in [0, 0.1) is 23.1 Å². The number of benzene rings is 1. The second-order valence-corrected chi connectivity index (χ2v) is 5.42. The average Bonchev–Trinajstić information content (AvgIpc) is 2.41. The molecule has 4 heteroatoms. The van der Waals surface area contributed by atoms with Crippen LogP contribution < -0.4 is 5.73 Å². The summed E-state index contributed by atoms with van der Waals surface area (Å²) in [4.78, 5) is 2.34. The number of nitrogens with two attached hydrogens (primary N) is 1. The van der Waals surface area contributed by atoms with E-state index in [4.69, 9.17) is 11.0 Å². The van der Waals surface area contributed by atoms with Gasteiger partial charge in [-0.2, -0.15) is 5.26 Å². The van der Waals surface area contributed by atoms with Crippen molar-refractivity contribution in [1.82, 2.24) is 4.90 Å². The zero-order valence-corrected chi connectivity index (χ0v) is 11.3. The van der Waals surface area contributed by atoms with Crippen LogP contribution in [0.3, 0.4) is 0 Å². The number of hydrogen-bond acceptors (Lipinski definition) is 3. The van der Waals surface area contributed by atoms with Crippen molar-refractivity contribution >= 4 is 0 Å². The summed E-state index contributed by atoms with van der Waals surface area (Å²) in [6, 6.07) is 6.88. The smallest absolute Gasteiger partial charge is 0.140 e. The standard InChI is InChI=1S/C15H20FN3/c1-11(18)13-3-2-6-19(10-13)9-12-4-5-15(16)14(7-12)8-17/h4-5,7,11,13H,2-3,6,9-10,18H2,1H3. The van der Waals surface area contributed by atoms with E-state index < -0.39 is 5.82 Å². The summed E-state index contributed by atoms with van der Waals surface area (Å²) in [5.41, 5.74) is 7.08. The number of nitriles is 1. The minimum absolute atomic E-state index is 0.123. The molecule has 2 unspecified atom stereocenters. The van der Waals surface area contributed by atoms with Crippen LogP contribution >= 0.6 is 0 Å². The first kappa shape index (κ1) is 14.0. The van der Waals surface area contributed by atoms with Crippen LogP contribution in [0.5, 0.6) is 0 Å². The summed E-state index contributed by atoms with van der Waals surface area (Å²) < 4.78 is 13.3. The van der Waals surface area contributed by atoms with E-state index >= 15 is 0 Å². The molecule has 2 rings (SSSR count). The van der Waals surface area contributed by atoms with E-state index in [1.807, 2.05) is 6.07 Å². The Balaban J connectivity index is 2.03. The topological polar surface area (TPSA) is 53.0 Å². The molecule has 2 N–H and O–H groups in total. The van der Waals surface area contributed by atoms with Crippen LogP contribution in [0.1, 0.15) is 30.9 Å². The Labute approximate surface area is 113 Å². The predicted octanol–water partition coefficient (Wildman–Crippen LogP) is 2.26. The van der Waals surface area contributed by atoms with Gasteiger partial charge in [0.1, 0.15) is 11.9 Å². The fourth-order valence-electron chi connectivity index (χ4n) is 2.68. The van der Waals surface area contributed by atoms with Gasteiger partial charge < -0.3 is 5.73 Å². The number of rotatable bonds is 3. The van der Waals surface area contributed by atoms with Gasteiger partial charge in [-0.15, -0.1) is 0 Å². The zero-order chi connectivity index (χ0) is 13.8. The Bertz CT molecular complexity index is 479. The van der Waals surface area contributed by atoms with Gasteiger partial charge in [-0.1, -0.05) is 6.07 Å². The lowest BCUT2D eigenvalue weighted by Crippen LogP contribution is -2.41. The minimum atomic E-state index is -0.446. The Kier molecular flexibility index (Phi) is 4.52. The van der Waals surface area contributed by atoms with Crippen LogP contribution in [0.15, 0.2) is 18.2 Å². The second kappa shape index (κ2) is 6.14. The third kappa shape index (κ3) is 3.52. The highest BCUT2D eigenvalue weighted by atomic mass is 19.1. The van der Waals surface area contributed by atoms with Crippen molar-refractivity contribution in [3.63, 3.8) is 0 Å². The number of hydrogen-bond donors (Lipinski definition) is 1. The van der Waals surface area contributed by atoms with Gasteiger partial charge >= 0.3 is 0 Å². The molecule has 1 fully saturated rings. The van der Waals surface area contributed by atoms with Crippen LogP contribution in [-0.2, 0) is 6.54 Å². The third-order valence-electron chi connectivity index (χ3n) is 3.84. The summed E-state index contributed by atoms with van der Waals surface area (Å²) in [6.45, 7) is 4.84. The first-order valence-corrected chi connectivity index (χ1v) is 6.76. The second-order valence-electron chi connectivity index (χ2n) is 5.42. The third-order valence-corrected chi connectivity index (χ3v) is 3.84. The van der Waals surface area contributed by atoms with Crippen molar-refractivity contribution in [3.8, 4) is 6.07 Å². The Hall–Kier alpha value is -1.44. The SMILES string of the molecule is CC(N)C1CCCN(Cc2ccc(F)c(C#N)c2)C1. The van der Waals surface area contributed by atoms with Crippen molar-refractivity contribution in [2.45, 2.75) is 32.4 Å². The maximum atomic E-state index is 13.3. The van der Waals surface area contributed by atoms with Crippen molar-refractivity contribution < 1.29 is 4.39 Å². The van der Waals surface area contributed by atoms with E-state index in [1.54, 1.807) is 12.1 Å². The highest BCUT2D eigenvalue weighted by Gasteiger charge is 2.22. The van der Waals surface area contributed by atoms with E-state index in [9.17, 15) is 4.39 Å². The normalized spacial score (nSPS) is 21.9. The van der Waals surface area contributed by atoms with Crippen molar-refractivity contribution in [2.75, 3.05) is 13.1 Å². The molecule has 1 aliphatic rings. The zero-order valence-electron chi connectivity index (χ0n) is 11.3. The Morgan fingerprint density at radius 2 is 2.37 bits per heavy atom. The molecule has 0 amide bonds. The van der Waals surface area contributed by atoms with E-state index in [0.29, 0.717) is 5.92 Å². The van der Waals surface area contributed by atoms with E-state index in [1.165, 1.54) is 12.5 Å². The number of halogens is 1. The van der Waals surface area contributed by atoms with E-state index in [-0.39, 0.29) is 11.6 Å². The molecule has 1 aromatic rings. The molecule has 102 valence electrons. The molecular weight excluding hydrogens is 241 g/mol. The lowest BCUT2D eigenvalue weighted by Gasteiger charge is -2.34. The molecule has 0 spiro atoms. The van der Waals surface area contributed by atoms with E-state index in [2.05, 4.69) is 11.8 Å². The van der Waals surface area contributed by atoms with Gasteiger partial charge in [-0.25, -0.2) is 4.39 Å². The highest BCUT2D eigenvalue weighted by molar-refractivity contribution is 5.34. The van der Waals surface area contributed by atoms with E-state index in [0.717, 1.165) is 31.6 Å².